The molecule has 2 aliphatic heterocycles. The number of benzene rings is 1. The van der Waals surface area contributed by atoms with Crippen molar-refractivity contribution in [2.45, 2.75) is 71.1 Å². The van der Waals surface area contributed by atoms with Gasteiger partial charge in [-0.05, 0) is 90.2 Å². The molecule has 0 saturated carbocycles. The topological polar surface area (TPSA) is 46.9 Å². The molecule has 2 fully saturated rings. The fourth-order valence-electron chi connectivity index (χ4n) is 4.13. The molecule has 5 heteroatoms. The van der Waals surface area contributed by atoms with Crippen LogP contribution in [-0.4, -0.2) is 51.8 Å². The molecule has 4 nitrogen and oxygen atoms in total. The van der Waals surface area contributed by atoms with Crippen LogP contribution in [0.25, 0.3) is 0 Å². The Morgan fingerprint density at radius 1 is 0.962 bits per heavy atom. The summed E-state index contributed by atoms with van der Waals surface area (Å²) in [6.45, 7) is 9.79. The average Bonchev–Trinajstić information content (AvgIpc) is 3.24. The van der Waals surface area contributed by atoms with Gasteiger partial charge in [0.15, 0.2) is 0 Å². The van der Waals surface area contributed by atoms with Gasteiger partial charge >= 0.3 is 0 Å². The number of halogens is 1. The molecule has 2 heterocycles. The molecule has 0 atom stereocenters. The first kappa shape index (κ1) is 20.1. The smallest absolute Gasteiger partial charge is 0.124 e. The van der Waals surface area contributed by atoms with Crippen LogP contribution < -0.4 is 0 Å². The van der Waals surface area contributed by atoms with Gasteiger partial charge in [-0.15, -0.1) is 0 Å². The highest BCUT2D eigenvalue weighted by Crippen LogP contribution is 2.36. The summed E-state index contributed by atoms with van der Waals surface area (Å²) in [5, 5.41) is 21.3. The molecule has 1 aromatic carbocycles. The van der Waals surface area contributed by atoms with Crippen molar-refractivity contribution in [1.82, 2.24) is 9.80 Å². The third kappa shape index (κ3) is 5.22. The van der Waals surface area contributed by atoms with E-state index in [0.29, 0.717) is 12.2 Å². The van der Waals surface area contributed by atoms with Crippen molar-refractivity contribution in [3.8, 4) is 5.75 Å². The number of hydrogen-bond donors (Lipinski definition) is 2. The largest absolute Gasteiger partial charge is 0.507 e. The van der Waals surface area contributed by atoms with Gasteiger partial charge in [-0.25, -0.2) is 0 Å². The summed E-state index contributed by atoms with van der Waals surface area (Å²) in [6.07, 6.45) is 6.45. The van der Waals surface area contributed by atoms with Crippen LogP contribution in [0.2, 0.25) is 0 Å². The number of aliphatic hydroxyl groups is 1. The fourth-order valence-corrected chi connectivity index (χ4v) is 4.84. The Kier molecular flexibility index (Phi) is 6.65. The molecular weight excluding hydrogens is 392 g/mol. The summed E-state index contributed by atoms with van der Waals surface area (Å²) in [5.41, 5.74) is 2.54. The molecule has 2 N–H and O–H groups in total. The fraction of sp³-hybridized carbons (Fsp3) is 0.714. The van der Waals surface area contributed by atoms with Crippen LogP contribution in [0, 0.1) is 0 Å². The molecular formula is C21H33BrN2O2. The van der Waals surface area contributed by atoms with Crippen molar-refractivity contribution in [3.63, 3.8) is 0 Å². The lowest BCUT2D eigenvalue weighted by Gasteiger charge is -2.25. The van der Waals surface area contributed by atoms with Crippen LogP contribution >= 0.6 is 15.9 Å². The predicted octanol–water partition coefficient (Wildman–Crippen LogP) is 4.05. The lowest BCUT2D eigenvalue weighted by molar-refractivity contribution is 0.0712. The third-order valence-corrected chi connectivity index (χ3v) is 6.41. The maximum Gasteiger partial charge on any atom is 0.124 e. The second-order valence-electron chi connectivity index (χ2n) is 8.60. The van der Waals surface area contributed by atoms with E-state index < -0.39 is 5.60 Å². The zero-order valence-electron chi connectivity index (χ0n) is 16.2. The van der Waals surface area contributed by atoms with Crippen molar-refractivity contribution >= 4 is 15.9 Å². The summed E-state index contributed by atoms with van der Waals surface area (Å²) < 4.78 is 1.07. The van der Waals surface area contributed by atoms with Crippen LogP contribution in [0.15, 0.2) is 10.5 Å². The van der Waals surface area contributed by atoms with E-state index in [2.05, 4.69) is 31.8 Å². The van der Waals surface area contributed by atoms with E-state index in [-0.39, 0.29) is 0 Å². The van der Waals surface area contributed by atoms with Gasteiger partial charge in [0, 0.05) is 28.7 Å². The van der Waals surface area contributed by atoms with E-state index in [4.69, 9.17) is 0 Å². The van der Waals surface area contributed by atoms with Gasteiger partial charge in [-0.2, -0.15) is 0 Å². The normalized spacial score (nSPS) is 19.5. The molecule has 1 aromatic rings. The van der Waals surface area contributed by atoms with Crippen LogP contribution in [0.3, 0.4) is 0 Å². The number of hydrogen-bond acceptors (Lipinski definition) is 4. The maximum absolute atomic E-state index is 11.1. The Hall–Kier alpha value is -0.620. The van der Waals surface area contributed by atoms with Gasteiger partial charge in [-0.3, -0.25) is 9.80 Å². The Morgan fingerprint density at radius 2 is 1.50 bits per heavy atom. The highest BCUT2D eigenvalue weighted by atomic mass is 79.9. The lowest BCUT2D eigenvalue weighted by atomic mass is 9.93. The van der Waals surface area contributed by atoms with E-state index in [1.165, 1.54) is 25.7 Å². The van der Waals surface area contributed by atoms with E-state index in [1.807, 2.05) is 13.8 Å². The Morgan fingerprint density at radius 3 is 2.04 bits per heavy atom. The minimum absolute atomic E-state index is 0.470. The van der Waals surface area contributed by atoms with Crippen molar-refractivity contribution in [2.24, 2.45) is 0 Å². The molecule has 146 valence electrons. The van der Waals surface area contributed by atoms with E-state index >= 15 is 0 Å². The van der Waals surface area contributed by atoms with Gasteiger partial charge in [0.25, 0.3) is 0 Å². The van der Waals surface area contributed by atoms with Gasteiger partial charge in [-0.1, -0.05) is 15.9 Å². The Labute approximate surface area is 166 Å². The highest BCUT2D eigenvalue weighted by molar-refractivity contribution is 9.10. The minimum Gasteiger partial charge on any atom is -0.507 e. The number of nitrogens with zero attached hydrogens (tertiary/aromatic N) is 2. The maximum atomic E-state index is 11.1. The predicted molar refractivity (Wildman–Crippen MR) is 109 cm³/mol. The van der Waals surface area contributed by atoms with Crippen LogP contribution in [0.1, 0.15) is 62.6 Å². The second kappa shape index (κ2) is 8.59. The molecule has 2 aliphatic rings. The van der Waals surface area contributed by atoms with Crippen molar-refractivity contribution in [1.29, 1.82) is 0 Å². The quantitative estimate of drug-likeness (QED) is 0.692. The van der Waals surface area contributed by atoms with Crippen LogP contribution in [0.5, 0.6) is 5.75 Å². The number of rotatable bonds is 7. The summed E-state index contributed by atoms with van der Waals surface area (Å²) >= 11 is 3.77. The van der Waals surface area contributed by atoms with Crippen LogP contribution in [0.4, 0.5) is 0 Å². The van der Waals surface area contributed by atoms with Crippen molar-refractivity contribution in [2.75, 3.05) is 26.2 Å². The summed E-state index contributed by atoms with van der Waals surface area (Å²) in [5.74, 6) is 0.470. The minimum atomic E-state index is -0.700. The Bertz CT molecular complexity index is 615. The summed E-state index contributed by atoms with van der Waals surface area (Å²) in [7, 11) is 0. The zero-order chi connectivity index (χ0) is 18.7. The summed E-state index contributed by atoms with van der Waals surface area (Å²) in [4.78, 5) is 4.87. The standard InChI is InChI=1S/C21H33BrN2O2/c1-21(2,26)8-7-17-18(15-24-11-5-6-12-24)20(25)16(13-19(17)22)14-23-9-3-4-10-23/h13,25-26H,3-12,14-15H2,1-2H3. The molecule has 0 spiro atoms. The molecule has 0 radical (unpaired) electrons. The highest BCUT2D eigenvalue weighted by Gasteiger charge is 2.24. The molecule has 0 unspecified atom stereocenters. The van der Waals surface area contributed by atoms with E-state index in [1.54, 1.807) is 0 Å². The van der Waals surface area contributed by atoms with E-state index in [9.17, 15) is 10.2 Å². The lowest BCUT2D eigenvalue weighted by Crippen LogP contribution is -2.23. The number of phenolic OH excluding ortho intramolecular Hbond substituents is 1. The van der Waals surface area contributed by atoms with Gasteiger partial charge < -0.3 is 10.2 Å². The van der Waals surface area contributed by atoms with Gasteiger partial charge in [0.2, 0.25) is 0 Å². The molecule has 2 saturated heterocycles. The molecule has 3 rings (SSSR count). The third-order valence-electron chi connectivity index (χ3n) is 5.70. The monoisotopic (exact) mass is 424 g/mol. The molecule has 0 aromatic heterocycles. The second-order valence-corrected chi connectivity index (χ2v) is 9.46. The molecule has 26 heavy (non-hydrogen) atoms. The Balaban J connectivity index is 1.88. The molecule has 0 bridgehead atoms. The number of likely N-dealkylation sites (tertiary alicyclic amines) is 2. The van der Waals surface area contributed by atoms with E-state index in [0.717, 1.165) is 66.9 Å². The van der Waals surface area contributed by atoms with Crippen LogP contribution in [-0.2, 0) is 19.5 Å². The first-order valence-electron chi connectivity index (χ1n) is 10.0. The SMILES string of the molecule is CC(C)(O)CCc1c(Br)cc(CN2CCCC2)c(O)c1CN1CCCC1. The number of phenols is 1. The first-order valence-corrected chi connectivity index (χ1v) is 10.8. The summed E-state index contributed by atoms with van der Waals surface area (Å²) in [6, 6.07) is 2.10. The average molecular weight is 425 g/mol. The van der Waals surface area contributed by atoms with Gasteiger partial charge in [0.05, 0.1) is 5.60 Å². The van der Waals surface area contributed by atoms with Crippen molar-refractivity contribution < 1.29 is 10.2 Å². The first-order chi connectivity index (χ1) is 12.3. The molecule has 0 amide bonds. The van der Waals surface area contributed by atoms with Gasteiger partial charge in [0.1, 0.15) is 5.75 Å². The zero-order valence-corrected chi connectivity index (χ0v) is 17.8. The molecule has 0 aliphatic carbocycles. The van der Waals surface area contributed by atoms with Crippen molar-refractivity contribution in [3.05, 3.63) is 27.2 Å². The number of aromatic hydroxyl groups is 1.